The first-order valence-electron chi connectivity index (χ1n) is 6.00. The highest BCUT2D eigenvalue weighted by atomic mass is 35.5. The standard InChI is InChI=1S/C13H17ClFNO/c14-12-10-11(3-4-13(12)15)2-1-5-16-6-8-17-9-7-16/h3-4,10H,1-2,5-9H2. The summed E-state index contributed by atoms with van der Waals surface area (Å²) in [5.41, 5.74) is 1.10. The quantitative estimate of drug-likeness (QED) is 0.822. The van der Waals surface area contributed by atoms with E-state index in [0.29, 0.717) is 0 Å². The molecular weight excluding hydrogens is 241 g/mol. The van der Waals surface area contributed by atoms with Crippen molar-refractivity contribution in [1.29, 1.82) is 0 Å². The van der Waals surface area contributed by atoms with Crippen molar-refractivity contribution in [3.63, 3.8) is 0 Å². The van der Waals surface area contributed by atoms with Crippen LogP contribution in [0.3, 0.4) is 0 Å². The minimum Gasteiger partial charge on any atom is -0.379 e. The van der Waals surface area contributed by atoms with Crippen LogP contribution in [0.4, 0.5) is 4.39 Å². The SMILES string of the molecule is Fc1ccc(CCCN2CCOCC2)cc1Cl. The number of nitrogens with zero attached hydrogens (tertiary/aromatic N) is 1. The Morgan fingerprint density at radius 2 is 2.06 bits per heavy atom. The van der Waals surface area contributed by atoms with Gasteiger partial charge in [0.2, 0.25) is 0 Å². The van der Waals surface area contributed by atoms with Gasteiger partial charge >= 0.3 is 0 Å². The lowest BCUT2D eigenvalue weighted by atomic mass is 10.1. The Kier molecular flexibility index (Phi) is 4.77. The van der Waals surface area contributed by atoms with Gasteiger partial charge in [0.15, 0.2) is 0 Å². The summed E-state index contributed by atoms with van der Waals surface area (Å²) < 4.78 is 18.3. The predicted octanol–water partition coefficient (Wildman–Crippen LogP) is 2.74. The number of rotatable bonds is 4. The maximum Gasteiger partial charge on any atom is 0.141 e. The van der Waals surface area contributed by atoms with E-state index in [0.717, 1.165) is 51.3 Å². The molecule has 1 saturated heterocycles. The molecule has 1 aliphatic heterocycles. The number of morpholine rings is 1. The van der Waals surface area contributed by atoms with Gasteiger partial charge in [-0.25, -0.2) is 4.39 Å². The smallest absolute Gasteiger partial charge is 0.141 e. The summed E-state index contributed by atoms with van der Waals surface area (Å²) in [4.78, 5) is 2.40. The Hall–Kier alpha value is -0.640. The van der Waals surface area contributed by atoms with Crippen molar-refractivity contribution in [2.45, 2.75) is 12.8 Å². The molecule has 94 valence electrons. The highest BCUT2D eigenvalue weighted by molar-refractivity contribution is 6.30. The first-order chi connectivity index (χ1) is 8.25. The Morgan fingerprint density at radius 3 is 2.76 bits per heavy atom. The lowest BCUT2D eigenvalue weighted by Gasteiger charge is -2.26. The molecule has 0 aromatic heterocycles. The van der Waals surface area contributed by atoms with E-state index >= 15 is 0 Å². The fraction of sp³-hybridized carbons (Fsp3) is 0.538. The summed E-state index contributed by atoms with van der Waals surface area (Å²) in [6, 6.07) is 4.96. The maximum atomic E-state index is 13.0. The van der Waals surface area contributed by atoms with Crippen LogP contribution in [0.5, 0.6) is 0 Å². The van der Waals surface area contributed by atoms with E-state index in [9.17, 15) is 4.39 Å². The molecule has 0 atom stereocenters. The van der Waals surface area contributed by atoms with Gasteiger partial charge in [-0.2, -0.15) is 0 Å². The second-order valence-corrected chi connectivity index (χ2v) is 4.71. The van der Waals surface area contributed by atoms with E-state index < -0.39 is 0 Å². The highest BCUT2D eigenvalue weighted by Gasteiger charge is 2.09. The van der Waals surface area contributed by atoms with Crippen molar-refractivity contribution in [2.24, 2.45) is 0 Å². The fourth-order valence-electron chi connectivity index (χ4n) is 2.03. The summed E-state index contributed by atoms with van der Waals surface area (Å²) in [5.74, 6) is -0.344. The summed E-state index contributed by atoms with van der Waals surface area (Å²) in [6.07, 6.45) is 2.01. The molecule has 0 radical (unpaired) electrons. The second kappa shape index (κ2) is 6.34. The van der Waals surface area contributed by atoms with Crippen LogP contribution in [-0.4, -0.2) is 37.7 Å². The summed E-state index contributed by atoms with van der Waals surface area (Å²) in [6.45, 7) is 4.78. The van der Waals surface area contributed by atoms with Crippen molar-refractivity contribution >= 4 is 11.6 Å². The molecule has 2 nitrogen and oxygen atoms in total. The van der Waals surface area contributed by atoms with Crippen LogP contribution in [0.25, 0.3) is 0 Å². The first-order valence-corrected chi connectivity index (χ1v) is 6.37. The zero-order valence-corrected chi connectivity index (χ0v) is 10.5. The average molecular weight is 258 g/mol. The van der Waals surface area contributed by atoms with Crippen LogP contribution in [0.15, 0.2) is 18.2 Å². The molecule has 0 aliphatic carbocycles. The fourth-order valence-corrected chi connectivity index (χ4v) is 2.23. The van der Waals surface area contributed by atoms with Crippen molar-refractivity contribution in [3.8, 4) is 0 Å². The Morgan fingerprint density at radius 1 is 1.29 bits per heavy atom. The minimum absolute atomic E-state index is 0.217. The molecule has 0 unspecified atom stereocenters. The van der Waals surface area contributed by atoms with Gasteiger partial charge in [-0.1, -0.05) is 17.7 Å². The van der Waals surface area contributed by atoms with Crippen molar-refractivity contribution in [1.82, 2.24) is 4.90 Å². The molecule has 1 heterocycles. The van der Waals surface area contributed by atoms with Gasteiger partial charge < -0.3 is 4.74 Å². The monoisotopic (exact) mass is 257 g/mol. The van der Waals surface area contributed by atoms with Gasteiger partial charge in [-0.3, -0.25) is 4.90 Å². The molecular formula is C13H17ClFNO. The van der Waals surface area contributed by atoms with Crippen LogP contribution in [0, 0.1) is 5.82 Å². The number of hydrogen-bond acceptors (Lipinski definition) is 2. The molecule has 0 N–H and O–H groups in total. The zero-order valence-electron chi connectivity index (χ0n) is 9.79. The minimum atomic E-state index is -0.344. The van der Waals surface area contributed by atoms with E-state index in [1.807, 2.05) is 0 Å². The van der Waals surface area contributed by atoms with E-state index in [4.69, 9.17) is 16.3 Å². The van der Waals surface area contributed by atoms with Crippen LogP contribution >= 0.6 is 11.6 Å². The van der Waals surface area contributed by atoms with Gasteiger partial charge in [0, 0.05) is 13.1 Å². The topological polar surface area (TPSA) is 12.5 Å². The van der Waals surface area contributed by atoms with Crippen molar-refractivity contribution in [3.05, 3.63) is 34.6 Å². The van der Waals surface area contributed by atoms with E-state index in [1.54, 1.807) is 12.1 Å². The normalized spacial score (nSPS) is 17.3. The van der Waals surface area contributed by atoms with E-state index in [2.05, 4.69) is 4.90 Å². The molecule has 0 saturated carbocycles. The van der Waals surface area contributed by atoms with Crippen LogP contribution in [0.2, 0.25) is 5.02 Å². The van der Waals surface area contributed by atoms with E-state index in [-0.39, 0.29) is 10.8 Å². The van der Waals surface area contributed by atoms with Gasteiger partial charge in [-0.15, -0.1) is 0 Å². The third-order valence-corrected chi connectivity index (χ3v) is 3.32. The van der Waals surface area contributed by atoms with Gasteiger partial charge in [0.1, 0.15) is 5.82 Å². The molecule has 0 amide bonds. The lowest BCUT2D eigenvalue weighted by Crippen LogP contribution is -2.36. The number of benzene rings is 1. The van der Waals surface area contributed by atoms with Crippen LogP contribution in [-0.2, 0) is 11.2 Å². The molecule has 0 spiro atoms. The lowest BCUT2D eigenvalue weighted by molar-refractivity contribution is 0.0374. The molecule has 0 bridgehead atoms. The molecule has 17 heavy (non-hydrogen) atoms. The third-order valence-electron chi connectivity index (χ3n) is 3.03. The van der Waals surface area contributed by atoms with Crippen LogP contribution in [0.1, 0.15) is 12.0 Å². The third kappa shape index (κ3) is 3.95. The highest BCUT2D eigenvalue weighted by Crippen LogP contribution is 2.17. The van der Waals surface area contributed by atoms with Gasteiger partial charge in [-0.05, 0) is 37.1 Å². The van der Waals surface area contributed by atoms with Crippen molar-refractivity contribution in [2.75, 3.05) is 32.8 Å². The average Bonchev–Trinajstić information content (AvgIpc) is 2.35. The summed E-state index contributed by atoms with van der Waals surface area (Å²) >= 11 is 5.74. The van der Waals surface area contributed by atoms with Gasteiger partial charge in [0.25, 0.3) is 0 Å². The Balaban J connectivity index is 1.75. The zero-order chi connectivity index (χ0) is 12.1. The van der Waals surface area contributed by atoms with Gasteiger partial charge in [0.05, 0.1) is 18.2 Å². The second-order valence-electron chi connectivity index (χ2n) is 4.31. The Labute approximate surface area is 106 Å². The number of hydrogen-bond donors (Lipinski definition) is 0. The van der Waals surface area contributed by atoms with E-state index in [1.165, 1.54) is 6.07 Å². The van der Waals surface area contributed by atoms with Crippen LogP contribution < -0.4 is 0 Å². The number of aryl methyl sites for hydroxylation is 1. The largest absolute Gasteiger partial charge is 0.379 e. The maximum absolute atomic E-state index is 13.0. The number of ether oxygens (including phenoxy) is 1. The molecule has 1 aromatic carbocycles. The first kappa shape index (κ1) is 12.8. The molecule has 1 fully saturated rings. The predicted molar refractivity (Wildman–Crippen MR) is 67.0 cm³/mol. The molecule has 1 aliphatic rings. The Bertz CT molecular complexity index is 366. The summed E-state index contributed by atoms with van der Waals surface area (Å²) in [7, 11) is 0. The molecule has 1 aromatic rings. The molecule has 2 rings (SSSR count). The van der Waals surface area contributed by atoms with Crippen molar-refractivity contribution < 1.29 is 9.13 Å². The number of halogens is 2. The summed E-state index contributed by atoms with van der Waals surface area (Å²) in [5, 5.41) is 0.217. The molecule has 4 heteroatoms.